The van der Waals surface area contributed by atoms with Gasteiger partial charge in [-0.15, -0.1) is 0 Å². The van der Waals surface area contributed by atoms with Crippen molar-refractivity contribution in [3.63, 3.8) is 0 Å². The van der Waals surface area contributed by atoms with Crippen molar-refractivity contribution < 1.29 is 13.2 Å². The summed E-state index contributed by atoms with van der Waals surface area (Å²) in [7, 11) is -3.16. The molecule has 2 N–H and O–H groups in total. The number of carbonyl (C=O) groups is 1. The van der Waals surface area contributed by atoms with Gasteiger partial charge in [-0.05, 0) is 30.7 Å². The fourth-order valence-electron chi connectivity index (χ4n) is 2.43. The number of carbonyl (C=O) groups excluding carboxylic acids is 1. The van der Waals surface area contributed by atoms with Gasteiger partial charge in [0.15, 0.2) is 9.84 Å². The topological polar surface area (TPSA) is 83.7 Å². The molecule has 0 bridgehead atoms. The summed E-state index contributed by atoms with van der Waals surface area (Å²) in [5.41, 5.74) is 6.27. The quantitative estimate of drug-likeness (QED) is 0.905. The average molecular weight is 311 g/mol. The van der Waals surface area contributed by atoms with Crippen LogP contribution < -0.4 is 10.6 Å². The van der Waals surface area contributed by atoms with Crippen LogP contribution in [0.5, 0.6) is 0 Å². The second-order valence-corrected chi connectivity index (χ2v) is 7.34. The molecule has 21 heavy (non-hydrogen) atoms. The molecular formula is C14H21N3O3S. The van der Waals surface area contributed by atoms with E-state index >= 15 is 0 Å². The first-order valence-corrected chi connectivity index (χ1v) is 8.71. The van der Waals surface area contributed by atoms with Crippen molar-refractivity contribution in [2.75, 3.05) is 36.8 Å². The molecule has 1 fully saturated rings. The predicted molar refractivity (Wildman–Crippen MR) is 82.2 cm³/mol. The lowest BCUT2D eigenvalue weighted by atomic mass is 10.2. The average Bonchev–Trinajstić information content (AvgIpc) is 2.73. The number of sulfone groups is 1. The van der Waals surface area contributed by atoms with Crippen molar-refractivity contribution >= 4 is 21.6 Å². The lowest BCUT2D eigenvalue weighted by Gasteiger charge is -2.23. The minimum atomic E-state index is -3.16. The second-order valence-electron chi connectivity index (χ2n) is 5.06. The van der Waals surface area contributed by atoms with E-state index in [4.69, 9.17) is 5.73 Å². The van der Waals surface area contributed by atoms with Crippen molar-refractivity contribution in [3.05, 3.63) is 24.3 Å². The van der Waals surface area contributed by atoms with E-state index < -0.39 is 9.84 Å². The molecule has 0 unspecified atom stereocenters. The minimum absolute atomic E-state index is 0.101. The molecule has 0 aliphatic carbocycles. The normalized spacial score (nSPS) is 16.6. The SMILES string of the molecule is CCS(=O)(=O)c1ccc(N2CCCN(C(N)=O)CC2)cc1. The van der Waals surface area contributed by atoms with Crippen LogP contribution in [0.4, 0.5) is 10.5 Å². The van der Waals surface area contributed by atoms with E-state index in [2.05, 4.69) is 4.90 Å². The molecule has 0 spiro atoms. The number of primary amides is 1. The van der Waals surface area contributed by atoms with E-state index in [9.17, 15) is 13.2 Å². The van der Waals surface area contributed by atoms with Crippen molar-refractivity contribution in [2.24, 2.45) is 5.73 Å². The van der Waals surface area contributed by atoms with Gasteiger partial charge < -0.3 is 15.5 Å². The number of amides is 2. The van der Waals surface area contributed by atoms with Gasteiger partial charge >= 0.3 is 6.03 Å². The number of benzene rings is 1. The van der Waals surface area contributed by atoms with E-state index in [1.165, 1.54) is 0 Å². The molecule has 1 aliphatic heterocycles. The summed E-state index contributed by atoms with van der Waals surface area (Å²) in [6, 6.07) is 6.54. The molecule has 1 heterocycles. The fraction of sp³-hybridized carbons (Fsp3) is 0.500. The number of hydrogen-bond acceptors (Lipinski definition) is 4. The summed E-state index contributed by atoms with van der Waals surface area (Å²) >= 11 is 0. The number of nitrogens with zero attached hydrogens (tertiary/aromatic N) is 2. The summed E-state index contributed by atoms with van der Waals surface area (Å²) in [6.07, 6.45) is 0.845. The van der Waals surface area contributed by atoms with Crippen molar-refractivity contribution in [2.45, 2.75) is 18.2 Å². The number of nitrogens with two attached hydrogens (primary N) is 1. The monoisotopic (exact) mass is 311 g/mol. The highest BCUT2D eigenvalue weighted by atomic mass is 32.2. The highest BCUT2D eigenvalue weighted by Gasteiger charge is 2.18. The van der Waals surface area contributed by atoms with Crippen LogP contribution in [0.1, 0.15) is 13.3 Å². The first-order chi connectivity index (χ1) is 9.94. The van der Waals surface area contributed by atoms with Crippen LogP contribution in [-0.2, 0) is 9.84 Å². The number of rotatable bonds is 3. The van der Waals surface area contributed by atoms with Crippen LogP contribution in [-0.4, -0.2) is 51.3 Å². The summed E-state index contributed by atoms with van der Waals surface area (Å²) in [6.45, 7) is 4.40. The van der Waals surface area contributed by atoms with E-state index in [0.717, 1.165) is 18.7 Å². The molecule has 0 aromatic heterocycles. The molecule has 2 rings (SSSR count). The number of hydrogen-bond donors (Lipinski definition) is 1. The molecule has 1 aromatic rings. The molecule has 0 radical (unpaired) electrons. The molecule has 1 saturated heterocycles. The Kier molecular flexibility index (Phi) is 4.72. The van der Waals surface area contributed by atoms with Crippen LogP contribution in [0, 0.1) is 0 Å². The zero-order chi connectivity index (χ0) is 15.5. The Balaban J connectivity index is 2.11. The first-order valence-electron chi connectivity index (χ1n) is 7.06. The van der Waals surface area contributed by atoms with E-state index in [0.29, 0.717) is 24.5 Å². The molecule has 1 aliphatic rings. The Morgan fingerprint density at radius 3 is 2.38 bits per heavy atom. The van der Waals surface area contributed by atoms with Gasteiger partial charge in [-0.2, -0.15) is 0 Å². The van der Waals surface area contributed by atoms with Crippen LogP contribution in [0.25, 0.3) is 0 Å². The number of urea groups is 1. The minimum Gasteiger partial charge on any atom is -0.370 e. The summed E-state index contributed by atoms with van der Waals surface area (Å²) in [5.74, 6) is 0.101. The lowest BCUT2D eigenvalue weighted by molar-refractivity contribution is 0.211. The van der Waals surface area contributed by atoms with E-state index in [-0.39, 0.29) is 11.8 Å². The van der Waals surface area contributed by atoms with E-state index in [1.54, 1.807) is 24.0 Å². The highest BCUT2D eigenvalue weighted by molar-refractivity contribution is 7.91. The van der Waals surface area contributed by atoms with Crippen LogP contribution in [0.3, 0.4) is 0 Å². The van der Waals surface area contributed by atoms with Gasteiger partial charge in [-0.3, -0.25) is 0 Å². The molecule has 0 saturated carbocycles. The Morgan fingerprint density at radius 2 is 1.81 bits per heavy atom. The largest absolute Gasteiger partial charge is 0.370 e. The Bertz CT molecular complexity index is 598. The van der Waals surface area contributed by atoms with Crippen molar-refractivity contribution in [1.82, 2.24) is 4.90 Å². The predicted octanol–water partition coefficient (Wildman–Crippen LogP) is 1.07. The van der Waals surface area contributed by atoms with Gasteiger partial charge in [0, 0.05) is 31.9 Å². The van der Waals surface area contributed by atoms with Gasteiger partial charge in [0.05, 0.1) is 10.6 Å². The molecule has 7 heteroatoms. The summed E-state index contributed by atoms with van der Waals surface area (Å²) in [4.78, 5) is 15.3. The van der Waals surface area contributed by atoms with Crippen LogP contribution >= 0.6 is 0 Å². The van der Waals surface area contributed by atoms with Gasteiger partial charge in [-0.1, -0.05) is 6.92 Å². The maximum atomic E-state index is 11.8. The molecule has 116 valence electrons. The van der Waals surface area contributed by atoms with Crippen LogP contribution in [0.2, 0.25) is 0 Å². The molecule has 0 atom stereocenters. The van der Waals surface area contributed by atoms with Gasteiger partial charge in [0.25, 0.3) is 0 Å². The third kappa shape index (κ3) is 3.66. The van der Waals surface area contributed by atoms with Gasteiger partial charge in [-0.25, -0.2) is 13.2 Å². The molecule has 1 aromatic carbocycles. The summed E-state index contributed by atoms with van der Waals surface area (Å²) < 4.78 is 23.6. The van der Waals surface area contributed by atoms with Crippen LogP contribution in [0.15, 0.2) is 29.2 Å². The first kappa shape index (κ1) is 15.6. The molecule has 2 amide bonds. The second kappa shape index (κ2) is 6.34. The smallest absolute Gasteiger partial charge is 0.314 e. The Hall–Kier alpha value is -1.76. The molecule has 6 nitrogen and oxygen atoms in total. The zero-order valence-electron chi connectivity index (χ0n) is 12.2. The molecular weight excluding hydrogens is 290 g/mol. The third-order valence-electron chi connectivity index (χ3n) is 3.75. The van der Waals surface area contributed by atoms with Gasteiger partial charge in [0.1, 0.15) is 0 Å². The fourth-order valence-corrected chi connectivity index (χ4v) is 3.31. The Morgan fingerprint density at radius 1 is 1.14 bits per heavy atom. The van der Waals surface area contributed by atoms with Crippen molar-refractivity contribution in [3.8, 4) is 0 Å². The van der Waals surface area contributed by atoms with Gasteiger partial charge in [0.2, 0.25) is 0 Å². The van der Waals surface area contributed by atoms with E-state index in [1.807, 2.05) is 12.1 Å². The maximum Gasteiger partial charge on any atom is 0.314 e. The van der Waals surface area contributed by atoms with Crippen molar-refractivity contribution in [1.29, 1.82) is 0 Å². The number of anilines is 1. The lowest BCUT2D eigenvalue weighted by Crippen LogP contribution is -2.38. The Labute approximate surface area is 125 Å². The third-order valence-corrected chi connectivity index (χ3v) is 5.50. The standard InChI is InChI=1S/C14H21N3O3S/c1-2-21(19,20)13-6-4-12(5-7-13)16-8-3-9-17(11-10-16)14(15)18/h4-7H,2-3,8-11H2,1H3,(H2,15,18). The highest BCUT2D eigenvalue weighted by Crippen LogP contribution is 2.20. The summed E-state index contributed by atoms with van der Waals surface area (Å²) in [5, 5.41) is 0. The maximum absolute atomic E-state index is 11.8. The zero-order valence-corrected chi connectivity index (χ0v) is 13.0.